The van der Waals surface area contributed by atoms with Gasteiger partial charge in [0.15, 0.2) is 4.34 Å². The highest BCUT2D eigenvalue weighted by Gasteiger charge is 2.12. The lowest BCUT2D eigenvalue weighted by Gasteiger charge is -2.08. The summed E-state index contributed by atoms with van der Waals surface area (Å²) in [6.45, 7) is 2.04. The molecule has 0 aliphatic carbocycles. The average Bonchev–Trinajstić information content (AvgIpc) is 3.07. The SMILES string of the molecule is Cc1nc(SCC(=O)Nc2cccc3ccccc23)sc1Cc1ccccc1. The molecular weight excluding hydrogens is 384 g/mol. The number of aryl methyl sites for hydroxylation is 1. The normalized spacial score (nSPS) is 10.9. The fraction of sp³-hybridized carbons (Fsp3) is 0.130. The Morgan fingerprint density at radius 3 is 2.61 bits per heavy atom. The fourth-order valence-electron chi connectivity index (χ4n) is 3.06. The number of aromatic nitrogens is 1. The molecule has 0 unspecified atom stereocenters. The monoisotopic (exact) mass is 404 g/mol. The minimum absolute atomic E-state index is 0.0150. The van der Waals surface area contributed by atoms with E-state index in [1.54, 1.807) is 11.3 Å². The molecule has 4 rings (SSSR count). The minimum atomic E-state index is -0.0150. The van der Waals surface area contributed by atoms with Gasteiger partial charge in [-0.3, -0.25) is 4.79 Å². The van der Waals surface area contributed by atoms with E-state index in [4.69, 9.17) is 0 Å². The number of fused-ring (bicyclic) bond motifs is 1. The number of carbonyl (C=O) groups is 1. The van der Waals surface area contributed by atoms with Crippen LogP contribution in [0.25, 0.3) is 10.8 Å². The van der Waals surface area contributed by atoms with E-state index >= 15 is 0 Å². The van der Waals surface area contributed by atoms with Crippen LogP contribution < -0.4 is 5.32 Å². The van der Waals surface area contributed by atoms with Crippen molar-refractivity contribution < 1.29 is 4.79 Å². The average molecular weight is 405 g/mol. The lowest BCUT2D eigenvalue weighted by molar-refractivity contribution is -0.113. The molecule has 0 fully saturated rings. The predicted molar refractivity (Wildman–Crippen MR) is 119 cm³/mol. The Bertz CT molecular complexity index is 1100. The summed E-state index contributed by atoms with van der Waals surface area (Å²) in [4.78, 5) is 18.3. The minimum Gasteiger partial charge on any atom is -0.325 e. The molecular formula is C23H20N2OS2. The van der Waals surface area contributed by atoms with Crippen molar-refractivity contribution in [1.82, 2.24) is 4.98 Å². The quantitative estimate of drug-likeness (QED) is 0.405. The molecule has 0 saturated heterocycles. The molecule has 0 aliphatic rings. The smallest absolute Gasteiger partial charge is 0.234 e. The van der Waals surface area contributed by atoms with Gasteiger partial charge in [0.1, 0.15) is 0 Å². The number of anilines is 1. The molecule has 0 saturated carbocycles. The van der Waals surface area contributed by atoms with Gasteiger partial charge < -0.3 is 5.32 Å². The largest absolute Gasteiger partial charge is 0.325 e. The van der Waals surface area contributed by atoms with Gasteiger partial charge in [-0.15, -0.1) is 11.3 Å². The standard InChI is InChI=1S/C23H20N2OS2/c1-16-21(14-17-8-3-2-4-9-17)28-23(24-16)27-15-22(26)25-20-13-7-11-18-10-5-6-12-19(18)20/h2-13H,14-15H2,1H3,(H,25,26). The van der Waals surface area contributed by atoms with Gasteiger partial charge in [0.25, 0.3) is 0 Å². The van der Waals surface area contributed by atoms with Crippen LogP contribution in [0.1, 0.15) is 16.1 Å². The Hall–Kier alpha value is -2.63. The lowest BCUT2D eigenvalue weighted by Crippen LogP contribution is -2.14. The van der Waals surface area contributed by atoms with E-state index in [1.807, 2.05) is 55.5 Å². The Kier molecular flexibility index (Phi) is 5.74. The summed E-state index contributed by atoms with van der Waals surface area (Å²) >= 11 is 3.17. The van der Waals surface area contributed by atoms with Gasteiger partial charge in [-0.2, -0.15) is 0 Å². The maximum atomic E-state index is 12.5. The lowest BCUT2D eigenvalue weighted by atomic mass is 10.1. The van der Waals surface area contributed by atoms with Gasteiger partial charge in [-0.25, -0.2) is 4.98 Å². The Morgan fingerprint density at radius 2 is 1.75 bits per heavy atom. The third-order valence-corrected chi connectivity index (χ3v) is 6.77. The molecule has 0 bridgehead atoms. The highest BCUT2D eigenvalue weighted by Crippen LogP contribution is 2.29. The van der Waals surface area contributed by atoms with E-state index in [2.05, 4.69) is 34.6 Å². The summed E-state index contributed by atoms with van der Waals surface area (Å²) in [5.74, 6) is 0.333. The summed E-state index contributed by atoms with van der Waals surface area (Å²) in [6, 6.07) is 24.4. The summed E-state index contributed by atoms with van der Waals surface area (Å²) in [5, 5.41) is 5.21. The van der Waals surface area contributed by atoms with E-state index in [-0.39, 0.29) is 5.91 Å². The van der Waals surface area contributed by atoms with E-state index in [0.29, 0.717) is 5.75 Å². The van der Waals surface area contributed by atoms with Crippen molar-refractivity contribution in [2.75, 3.05) is 11.1 Å². The number of thiazole rings is 1. The van der Waals surface area contributed by atoms with Crippen molar-refractivity contribution >= 4 is 45.5 Å². The zero-order valence-electron chi connectivity index (χ0n) is 15.5. The van der Waals surface area contributed by atoms with Crippen molar-refractivity contribution in [3.8, 4) is 0 Å². The van der Waals surface area contributed by atoms with E-state index in [9.17, 15) is 4.79 Å². The molecule has 0 spiro atoms. The second-order valence-corrected chi connectivity index (χ2v) is 8.82. The van der Waals surface area contributed by atoms with Crippen molar-refractivity contribution in [3.05, 3.63) is 88.9 Å². The number of benzene rings is 3. The van der Waals surface area contributed by atoms with E-state index < -0.39 is 0 Å². The van der Waals surface area contributed by atoms with Gasteiger partial charge >= 0.3 is 0 Å². The number of thioether (sulfide) groups is 1. The predicted octanol–water partition coefficient (Wildman–Crippen LogP) is 5.93. The van der Waals surface area contributed by atoms with Crippen molar-refractivity contribution in [3.63, 3.8) is 0 Å². The summed E-state index contributed by atoms with van der Waals surface area (Å²) in [6.07, 6.45) is 0.882. The van der Waals surface area contributed by atoms with Gasteiger partial charge in [-0.1, -0.05) is 78.5 Å². The number of rotatable bonds is 6. The van der Waals surface area contributed by atoms with Crippen LogP contribution in [0.15, 0.2) is 77.1 Å². The fourth-order valence-corrected chi connectivity index (χ4v) is 5.12. The Morgan fingerprint density at radius 1 is 1.00 bits per heavy atom. The van der Waals surface area contributed by atoms with Crippen LogP contribution in [0.3, 0.4) is 0 Å². The molecule has 0 aliphatic heterocycles. The zero-order valence-corrected chi connectivity index (χ0v) is 17.1. The van der Waals surface area contributed by atoms with E-state index in [1.165, 1.54) is 22.2 Å². The van der Waals surface area contributed by atoms with Crippen molar-refractivity contribution in [1.29, 1.82) is 0 Å². The van der Waals surface area contributed by atoms with Crippen LogP contribution in [0.5, 0.6) is 0 Å². The maximum Gasteiger partial charge on any atom is 0.234 e. The Balaban J connectivity index is 1.39. The van der Waals surface area contributed by atoms with Crippen molar-refractivity contribution in [2.24, 2.45) is 0 Å². The molecule has 5 heteroatoms. The van der Waals surface area contributed by atoms with Crippen molar-refractivity contribution in [2.45, 2.75) is 17.7 Å². The molecule has 0 radical (unpaired) electrons. The van der Waals surface area contributed by atoms with Gasteiger partial charge in [0.05, 0.1) is 11.4 Å². The molecule has 140 valence electrons. The van der Waals surface area contributed by atoms with Gasteiger partial charge in [-0.05, 0) is 23.9 Å². The first-order chi connectivity index (χ1) is 13.7. The van der Waals surface area contributed by atoms with Gasteiger partial charge in [0.2, 0.25) is 5.91 Å². The molecule has 0 atom stereocenters. The summed E-state index contributed by atoms with van der Waals surface area (Å²) < 4.78 is 0.941. The number of hydrogen-bond donors (Lipinski definition) is 1. The number of amides is 1. The second kappa shape index (κ2) is 8.59. The summed E-state index contributed by atoms with van der Waals surface area (Å²) in [5.41, 5.74) is 3.18. The molecule has 28 heavy (non-hydrogen) atoms. The zero-order chi connectivity index (χ0) is 19.3. The Labute approximate surface area is 172 Å². The molecule has 1 N–H and O–H groups in total. The molecule has 1 heterocycles. The molecule has 1 amide bonds. The number of carbonyl (C=O) groups excluding carboxylic acids is 1. The van der Waals surface area contributed by atoms with Crippen LogP contribution in [0.2, 0.25) is 0 Å². The number of hydrogen-bond acceptors (Lipinski definition) is 4. The first-order valence-electron chi connectivity index (χ1n) is 9.10. The molecule has 3 aromatic carbocycles. The topological polar surface area (TPSA) is 42.0 Å². The number of nitrogens with one attached hydrogen (secondary N) is 1. The summed E-state index contributed by atoms with van der Waals surface area (Å²) in [7, 11) is 0. The highest BCUT2D eigenvalue weighted by atomic mass is 32.2. The third-order valence-electron chi connectivity index (χ3n) is 4.47. The van der Waals surface area contributed by atoms with Crippen LogP contribution in [0, 0.1) is 6.92 Å². The number of nitrogens with zero attached hydrogens (tertiary/aromatic N) is 1. The van der Waals surface area contributed by atoms with Crippen LogP contribution in [0.4, 0.5) is 5.69 Å². The third kappa shape index (κ3) is 4.43. The molecule has 1 aromatic heterocycles. The highest BCUT2D eigenvalue weighted by molar-refractivity contribution is 8.01. The van der Waals surface area contributed by atoms with Crippen LogP contribution in [-0.4, -0.2) is 16.6 Å². The van der Waals surface area contributed by atoms with Crippen LogP contribution in [-0.2, 0) is 11.2 Å². The first kappa shape index (κ1) is 18.7. The maximum absolute atomic E-state index is 12.5. The molecule has 3 nitrogen and oxygen atoms in total. The van der Waals surface area contributed by atoms with Crippen LogP contribution >= 0.6 is 23.1 Å². The molecule has 4 aromatic rings. The van der Waals surface area contributed by atoms with Gasteiger partial charge in [0, 0.05) is 22.4 Å². The second-order valence-electron chi connectivity index (χ2n) is 6.51. The van der Waals surface area contributed by atoms with E-state index in [0.717, 1.165) is 32.9 Å². The first-order valence-corrected chi connectivity index (χ1v) is 10.9.